The lowest BCUT2D eigenvalue weighted by Gasteiger charge is -2.22. The average Bonchev–Trinajstić information content (AvgIpc) is 2.67. The first kappa shape index (κ1) is 15.1. The number of aliphatic hydroxyl groups excluding tert-OH is 1. The predicted molar refractivity (Wildman–Crippen MR) is 80.2 cm³/mol. The van der Waals surface area contributed by atoms with Crippen LogP contribution in [0.25, 0.3) is 0 Å². The standard InChI is InChI=1S/C14H20ClN3O2/c15-12-4-1-2-5-13(12)16-14(20)18-7-3-6-17(8-9-18)10-11-19/h1-2,4-5,19H,3,6-11H2,(H,16,20). The van der Waals surface area contributed by atoms with Crippen LogP contribution in [0.2, 0.25) is 5.02 Å². The van der Waals surface area contributed by atoms with Gasteiger partial charge in [0.15, 0.2) is 0 Å². The number of halogens is 1. The van der Waals surface area contributed by atoms with Gasteiger partial charge in [0.1, 0.15) is 0 Å². The van der Waals surface area contributed by atoms with E-state index < -0.39 is 0 Å². The number of carbonyl (C=O) groups excluding carboxylic acids is 1. The van der Waals surface area contributed by atoms with E-state index in [-0.39, 0.29) is 12.6 Å². The fourth-order valence-electron chi connectivity index (χ4n) is 2.30. The Balaban J connectivity index is 1.91. The first-order valence-corrected chi connectivity index (χ1v) is 7.22. The number of hydrogen-bond acceptors (Lipinski definition) is 3. The molecule has 0 atom stereocenters. The molecular formula is C14H20ClN3O2. The molecule has 1 heterocycles. The molecule has 1 fully saturated rings. The Labute approximate surface area is 124 Å². The molecule has 1 aliphatic rings. The Hall–Kier alpha value is -1.30. The minimum Gasteiger partial charge on any atom is -0.395 e. The fourth-order valence-corrected chi connectivity index (χ4v) is 2.48. The van der Waals surface area contributed by atoms with Gasteiger partial charge >= 0.3 is 6.03 Å². The molecule has 5 nitrogen and oxygen atoms in total. The van der Waals surface area contributed by atoms with E-state index in [1.54, 1.807) is 17.0 Å². The van der Waals surface area contributed by atoms with Gasteiger partial charge in [-0.15, -0.1) is 0 Å². The Bertz CT molecular complexity index is 456. The summed E-state index contributed by atoms with van der Waals surface area (Å²) in [5, 5.41) is 12.3. The molecule has 0 aromatic heterocycles. The van der Waals surface area contributed by atoms with E-state index in [0.29, 0.717) is 23.8 Å². The van der Waals surface area contributed by atoms with Crippen LogP contribution in [0.5, 0.6) is 0 Å². The molecular weight excluding hydrogens is 278 g/mol. The number of benzene rings is 1. The van der Waals surface area contributed by atoms with Gasteiger partial charge < -0.3 is 15.3 Å². The third-order valence-corrected chi connectivity index (χ3v) is 3.74. The molecule has 6 heteroatoms. The summed E-state index contributed by atoms with van der Waals surface area (Å²) >= 11 is 6.03. The number of carbonyl (C=O) groups is 1. The number of urea groups is 1. The third-order valence-electron chi connectivity index (χ3n) is 3.41. The molecule has 1 saturated heterocycles. The van der Waals surface area contributed by atoms with Gasteiger partial charge in [0.05, 0.1) is 17.3 Å². The summed E-state index contributed by atoms with van der Waals surface area (Å²) in [7, 11) is 0. The van der Waals surface area contributed by atoms with Crippen LogP contribution in [0, 0.1) is 0 Å². The second-order valence-corrected chi connectivity index (χ2v) is 5.22. The van der Waals surface area contributed by atoms with E-state index in [1.807, 2.05) is 12.1 Å². The molecule has 2 N–H and O–H groups in total. The number of anilines is 1. The quantitative estimate of drug-likeness (QED) is 0.895. The molecule has 0 bridgehead atoms. The highest BCUT2D eigenvalue weighted by Crippen LogP contribution is 2.21. The summed E-state index contributed by atoms with van der Waals surface area (Å²) in [6.07, 6.45) is 0.913. The summed E-state index contributed by atoms with van der Waals surface area (Å²) in [4.78, 5) is 16.2. The van der Waals surface area contributed by atoms with Crippen molar-refractivity contribution in [3.8, 4) is 0 Å². The van der Waals surface area contributed by atoms with Crippen molar-refractivity contribution in [2.75, 3.05) is 44.6 Å². The third kappa shape index (κ3) is 4.10. The number of para-hydroxylation sites is 1. The first-order valence-electron chi connectivity index (χ1n) is 6.84. The molecule has 2 amide bonds. The zero-order valence-corrected chi connectivity index (χ0v) is 12.1. The maximum absolute atomic E-state index is 12.2. The van der Waals surface area contributed by atoms with Crippen LogP contribution in [0.15, 0.2) is 24.3 Å². The van der Waals surface area contributed by atoms with E-state index in [0.717, 1.165) is 26.1 Å². The normalized spacial score (nSPS) is 16.8. The number of nitrogens with zero attached hydrogens (tertiary/aromatic N) is 2. The molecule has 0 spiro atoms. The van der Waals surface area contributed by atoms with Crippen molar-refractivity contribution in [2.24, 2.45) is 0 Å². The van der Waals surface area contributed by atoms with Gasteiger partial charge in [-0.05, 0) is 25.1 Å². The minimum absolute atomic E-state index is 0.121. The summed E-state index contributed by atoms with van der Waals surface area (Å²) in [6.45, 7) is 3.91. The summed E-state index contributed by atoms with van der Waals surface area (Å²) in [6, 6.07) is 7.09. The van der Waals surface area contributed by atoms with Crippen LogP contribution < -0.4 is 5.32 Å². The van der Waals surface area contributed by atoms with Crippen LogP contribution in [-0.4, -0.2) is 60.3 Å². The van der Waals surface area contributed by atoms with Crippen molar-refractivity contribution >= 4 is 23.3 Å². The van der Waals surface area contributed by atoms with Crippen LogP contribution in [-0.2, 0) is 0 Å². The zero-order valence-electron chi connectivity index (χ0n) is 11.4. The molecule has 1 aromatic rings. The Morgan fingerprint density at radius 1 is 1.25 bits per heavy atom. The number of rotatable bonds is 3. The molecule has 2 rings (SSSR count). The van der Waals surface area contributed by atoms with Crippen molar-refractivity contribution in [3.05, 3.63) is 29.3 Å². The van der Waals surface area contributed by atoms with E-state index in [4.69, 9.17) is 16.7 Å². The van der Waals surface area contributed by atoms with Gasteiger partial charge in [-0.3, -0.25) is 4.90 Å². The molecule has 110 valence electrons. The van der Waals surface area contributed by atoms with Crippen LogP contribution in [0.1, 0.15) is 6.42 Å². The first-order chi connectivity index (χ1) is 9.70. The van der Waals surface area contributed by atoms with Crippen molar-refractivity contribution in [3.63, 3.8) is 0 Å². The molecule has 1 aliphatic heterocycles. The Morgan fingerprint density at radius 3 is 2.80 bits per heavy atom. The van der Waals surface area contributed by atoms with Gasteiger partial charge in [0.25, 0.3) is 0 Å². The molecule has 20 heavy (non-hydrogen) atoms. The molecule has 0 saturated carbocycles. The Morgan fingerprint density at radius 2 is 2.05 bits per heavy atom. The number of hydrogen-bond donors (Lipinski definition) is 2. The summed E-state index contributed by atoms with van der Waals surface area (Å²) < 4.78 is 0. The second kappa shape index (κ2) is 7.47. The van der Waals surface area contributed by atoms with E-state index in [9.17, 15) is 4.79 Å². The lowest BCUT2D eigenvalue weighted by Crippen LogP contribution is -2.38. The molecule has 1 aromatic carbocycles. The second-order valence-electron chi connectivity index (χ2n) is 4.82. The lowest BCUT2D eigenvalue weighted by atomic mass is 10.3. The fraction of sp³-hybridized carbons (Fsp3) is 0.500. The highest BCUT2D eigenvalue weighted by Gasteiger charge is 2.19. The lowest BCUT2D eigenvalue weighted by molar-refractivity contribution is 0.194. The Kier molecular flexibility index (Phi) is 5.64. The number of nitrogens with one attached hydrogen (secondary N) is 1. The van der Waals surface area contributed by atoms with Gasteiger partial charge in [-0.2, -0.15) is 0 Å². The molecule has 0 aliphatic carbocycles. The summed E-state index contributed by atoms with van der Waals surface area (Å²) in [5.74, 6) is 0. The SMILES string of the molecule is O=C(Nc1ccccc1Cl)N1CCCN(CCO)CC1. The predicted octanol–water partition coefficient (Wildman–Crippen LogP) is 1.87. The molecule has 0 unspecified atom stereocenters. The van der Waals surface area contributed by atoms with Crippen LogP contribution >= 0.6 is 11.6 Å². The molecule has 0 radical (unpaired) electrons. The number of aliphatic hydroxyl groups is 1. The highest BCUT2D eigenvalue weighted by molar-refractivity contribution is 6.33. The zero-order chi connectivity index (χ0) is 14.4. The topological polar surface area (TPSA) is 55.8 Å². The van der Waals surface area contributed by atoms with E-state index in [1.165, 1.54) is 0 Å². The van der Waals surface area contributed by atoms with Gasteiger partial charge in [-0.1, -0.05) is 23.7 Å². The number of amides is 2. The van der Waals surface area contributed by atoms with E-state index in [2.05, 4.69) is 10.2 Å². The minimum atomic E-state index is -0.121. The number of β-amino-alcohol motifs (C(OH)–C–C–N with tert-alkyl or cyclic N) is 1. The highest BCUT2D eigenvalue weighted by atomic mass is 35.5. The van der Waals surface area contributed by atoms with Crippen molar-refractivity contribution in [2.45, 2.75) is 6.42 Å². The maximum atomic E-state index is 12.2. The van der Waals surface area contributed by atoms with Crippen LogP contribution in [0.4, 0.5) is 10.5 Å². The van der Waals surface area contributed by atoms with Gasteiger partial charge in [0, 0.05) is 26.2 Å². The maximum Gasteiger partial charge on any atom is 0.321 e. The van der Waals surface area contributed by atoms with Crippen LogP contribution in [0.3, 0.4) is 0 Å². The smallest absolute Gasteiger partial charge is 0.321 e. The van der Waals surface area contributed by atoms with E-state index >= 15 is 0 Å². The van der Waals surface area contributed by atoms with Gasteiger partial charge in [-0.25, -0.2) is 4.79 Å². The van der Waals surface area contributed by atoms with Crippen molar-refractivity contribution < 1.29 is 9.90 Å². The van der Waals surface area contributed by atoms with Gasteiger partial charge in [0.2, 0.25) is 0 Å². The average molecular weight is 298 g/mol. The largest absolute Gasteiger partial charge is 0.395 e. The summed E-state index contributed by atoms with van der Waals surface area (Å²) in [5.41, 5.74) is 0.635. The van der Waals surface area contributed by atoms with Crippen molar-refractivity contribution in [1.82, 2.24) is 9.80 Å². The van der Waals surface area contributed by atoms with Crippen molar-refractivity contribution in [1.29, 1.82) is 0 Å². The monoisotopic (exact) mass is 297 g/mol.